The van der Waals surface area contributed by atoms with Crippen molar-refractivity contribution in [3.05, 3.63) is 60.2 Å². The number of likely N-dealkylation sites (tertiary alicyclic amines) is 1. The van der Waals surface area contributed by atoms with E-state index >= 15 is 0 Å². The van der Waals surface area contributed by atoms with E-state index in [1.165, 1.54) is 12.1 Å². The molecular formula is C21H20FN5O3S. The summed E-state index contributed by atoms with van der Waals surface area (Å²) in [5.41, 5.74) is 1.23. The van der Waals surface area contributed by atoms with Gasteiger partial charge in [-0.3, -0.25) is 4.90 Å². The van der Waals surface area contributed by atoms with Gasteiger partial charge >= 0.3 is 0 Å². The van der Waals surface area contributed by atoms with E-state index < -0.39 is 10.0 Å². The number of benzene rings is 2. The molecule has 0 amide bonds. The van der Waals surface area contributed by atoms with Crippen LogP contribution in [0.15, 0.2) is 62.3 Å². The van der Waals surface area contributed by atoms with Crippen molar-refractivity contribution >= 4 is 21.5 Å². The molecule has 1 unspecified atom stereocenters. The van der Waals surface area contributed by atoms with Gasteiger partial charge in [-0.05, 0) is 55.8 Å². The molecule has 5 rings (SSSR count). The number of fused-ring (bicyclic) bond motifs is 1. The third-order valence-electron chi connectivity index (χ3n) is 5.45. The van der Waals surface area contributed by atoms with Crippen LogP contribution in [0.1, 0.15) is 24.7 Å². The summed E-state index contributed by atoms with van der Waals surface area (Å²) in [7, 11) is -3.71. The van der Waals surface area contributed by atoms with Crippen molar-refractivity contribution in [2.75, 3.05) is 25.0 Å². The van der Waals surface area contributed by atoms with Crippen molar-refractivity contribution in [3.63, 3.8) is 0 Å². The van der Waals surface area contributed by atoms with E-state index in [9.17, 15) is 12.8 Å². The van der Waals surface area contributed by atoms with Crippen LogP contribution in [0.3, 0.4) is 0 Å². The molecule has 1 fully saturated rings. The molecule has 8 nitrogen and oxygen atoms in total. The van der Waals surface area contributed by atoms with Crippen molar-refractivity contribution in [2.45, 2.75) is 23.7 Å². The number of sulfonamides is 1. The molecular weight excluding hydrogens is 421 g/mol. The molecule has 2 aliphatic heterocycles. The number of anilines is 1. The standard InChI is InChI=1S/C21H20FN5O3S/c22-16-9-7-14(8-10-16)20-24-21(30-25-20)15-4-3-11-27(12-15)13-19-23-17-5-1-2-6-18(17)31(28,29)26-19/h1-2,5-10,15H,3-4,11-13H2,(H,23,26). The second-order valence-electron chi connectivity index (χ2n) is 7.67. The summed E-state index contributed by atoms with van der Waals surface area (Å²) in [5, 5.41) is 7.17. The summed E-state index contributed by atoms with van der Waals surface area (Å²) >= 11 is 0. The summed E-state index contributed by atoms with van der Waals surface area (Å²) in [5.74, 6) is 1.06. The van der Waals surface area contributed by atoms with E-state index in [0.717, 1.165) is 19.4 Å². The average molecular weight is 441 g/mol. The quantitative estimate of drug-likeness (QED) is 0.663. The van der Waals surface area contributed by atoms with E-state index in [4.69, 9.17) is 4.52 Å². The SMILES string of the molecule is O=S1(=O)N=C(CN2CCCC(c3nc(-c4ccc(F)cc4)no3)C2)Nc2ccccc21. The summed E-state index contributed by atoms with van der Waals surface area (Å²) in [6, 6.07) is 12.7. The van der Waals surface area contributed by atoms with Gasteiger partial charge in [0.25, 0.3) is 10.0 Å². The molecule has 10 heteroatoms. The monoisotopic (exact) mass is 441 g/mol. The number of piperidine rings is 1. The molecule has 3 heterocycles. The Bertz CT molecular complexity index is 1240. The molecule has 31 heavy (non-hydrogen) atoms. The molecule has 1 atom stereocenters. The van der Waals surface area contributed by atoms with Gasteiger partial charge in [-0.25, -0.2) is 4.39 Å². The van der Waals surface area contributed by atoms with E-state index in [0.29, 0.717) is 41.9 Å². The fraction of sp³-hybridized carbons (Fsp3) is 0.286. The number of nitrogens with one attached hydrogen (secondary N) is 1. The molecule has 1 aromatic heterocycles. The summed E-state index contributed by atoms with van der Waals surface area (Å²) in [6.07, 6.45) is 1.80. The first-order chi connectivity index (χ1) is 15.0. The zero-order valence-electron chi connectivity index (χ0n) is 16.5. The van der Waals surface area contributed by atoms with Crippen LogP contribution in [0.5, 0.6) is 0 Å². The minimum Gasteiger partial charge on any atom is -0.341 e. The number of hydrogen-bond acceptors (Lipinski definition) is 7. The fourth-order valence-corrected chi connectivity index (χ4v) is 5.10. The number of rotatable bonds is 4. The maximum atomic E-state index is 13.1. The van der Waals surface area contributed by atoms with Crippen LogP contribution in [-0.2, 0) is 10.0 Å². The lowest BCUT2D eigenvalue weighted by atomic mass is 9.98. The lowest BCUT2D eigenvalue weighted by molar-refractivity contribution is 0.207. The summed E-state index contributed by atoms with van der Waals surface area (Å²) in [4.78, 5) is 6.82. The van der Waals surface area contributed by atoms with Crippen molar-refractivity contribution in [3.8, 4) is 11.4 Å². The molecule has 2 aromatic carbocycles. The topological polar surface area (TPSA) is 101 Å². The van der Waals surface area contributed by atoms with Gasteiger partial charge in [-0.1, -0.05) is 17.3 Å². The second-order valence-corrected chi connectivity index (χ2v) is 9.24. The molecule has 0 bridgehead atoms. The van der Waals surface area contributed by atoms with Gasteiger partial charge in [0.2, 0.25) is 11.7 Å². The Morgan fingerprint density at radius 1 is 1.16 bits per heavy atom. The van der Waals surface area contributed by atoms with Gasteiger partial charge in [0.1, 0.15) is 16.5 Å². The van der Waals surface area contributed by atoms with Gasteiger partial charge in [0.15, 0.2) is 0 Å². The van der Waals surface area contributed by atoms with Crippen molar-refractivity contribution in [2.24, 2.45) is 4.40 Å². The third-order valence-corrected chi connectivity index (χ3v) is 6.82. The Balaban J connectivity index is 1.29. The highest BCUT2D eigenvalue weighted by atomic mass is 32.2. The Morgan fingerprint density at radius 2 is 1.97 bits per heavy atom. The molecule has 0 radical (unpaired) electrons. The highest BCUT2D eigenvalue weighted by Gasteiger charge is 2.29. The predicted molar refractivity (Wildman–Crippen MR) is 113 cm³/mol. The largest absolute Gasteiger partial charge is 0.341 e. The number of nitrogens with zero attached hydrogens (tertiary/aromatic N) is 4. The number of halogens is 1. The molecule has 0 spiro atoms. The molecule has 1 N–H and O–H groups in total. The fourth-order valence-electron chi connectivity index (χ4n) is 3.97. The molecule has 160 valence electrons. The van der Waals surface area contributed by atoms with Crippen LogP contribution in [-0.4, -0.2) is 48.9 Å². The summed E-state index contributed by atoms with van der Waals surface area (Å²) in [6.45, 7) is 1.84. The van der Waals surface area contributed by atoms with Crippen molar-refractivity contribution < 1.29 is 17.3 Å². The van der Waals surface area contributed by atoms with Crippen LogP contribution >= 0.6 is 0 Å². The Morgan fingerprint density at radius 3 is 2.81 bits per heavy atom. The summed E-state index contributed by atoms with van der Waals surface area (Å²) < 4.78 is 47.5. The number of para-hydroxylation sites is 1. The molecule has 1 saturated heterocycles. The lowest BCUT2D eigenvalue weighted by Crippen LogP contribution is -2.41. The van der Waals surface area contributed by atoms with Crippen LogP contribution in [0.25, 0.3) is 11.4 Å². The Kier molecular flexibility index (Phi) is 5.03. The van der Waals surface area contributed by atoms with Crippen molar-refractivity contribution in [1.82, 2.24) is 15.0 Å². The number of aromatic nitrogens is 2. The highest BCUT2D eigenvalue weighted by Crippen LogP contribution is 2.29. The van der Waals surface area contributed by atoms with Crippen molar-refractivity contribution in [1.29, 1.82) is 0 Å². The maximum absolute atomic E-state index is 13.1. The van der Waals surface area contributed by atoms with E-state index in [1.54, 1.807) is 36.4 Å². The molecule has 3 aromatic rings. The third kappa shape index (κ3) is 4.08. The van der Waals surface area contributed by atoms with E-state index in [2.05, 4.69) is 24.8 Å². The Hall–Kier alpha value is -3.11. The van der Waals surface area contributed by atoms with Gasteiger partial charge < -0.3 is 9.84 Å². The average Bonchev–Trinajstić information content (AvgIpc) is 3.24. The van der Waals surface area contributed by atoms with Crippen LogP contribution < -0.4 is 5.32 Å². The predicted octanol–water partition coefficient (Wildman–Crippen LogP) is 3.27. The first-order valence-electron chi connectivity index (χ1n) is 10.00. The number of hydrogen-bond donors (Lipinski definition) is 1. The van der Waals surface area contributed by atoms with E-state index in [-0.39, 0.29) is 16.6 Å². The van der Waals surface area contributed by atoms with Crippen LogP contribution in [0.2, 0.25) is 0 Å². The molecule has 0 aliphatic carbocycles. The van der Waals surface area contributed by atoms with Crippen LogP contribution in [0.4, 0.5) is 10.1 Å². The van der Waals surface area contributed by atoms with Gasteiger partial charge in [-0.2, -0.15) is 13.4 Å². The molecule has 0 saturated carbocycles. The lowest BCUT2D eigenvalue weighted by Gasteiger charge is -2.31. The highest BCUT2D eigenvalue weighted by molar-refractivity contribution is 7.90. The Labute approximate surface area is 178 Å². The minimum absolute atomic E-state index is 0.0310. The van der Waals surface area contributed by atoms with Crippen LogP contribution in [0, 0.1) is 5.82 Å². The van der Waals surface area contributed by atoms with Gasteiger partial charge in [-0.15, -0.1) is 4.40 Å². The first-order valence-corrected chi connectivity index (χ1v) is 11.4. The molecule has 2 aliphatic rings. The minimum atomic E-state index is -3.71. The zero-order valence-corrected chi connectivity index (χ0v) is 17.3. The number of amidine groups is 1. The zero-order chi connectivity index (χ0) is 21.4. The normalized spacial score (nSPS) is 20.5. The maximum Gasteiger partial charge on any atom is 0.286 e. The van der Waals surface area contributed by atoms with Gasteiger partial charge in [0, 0.05) is 12.1 Å². The smallest absolute Gasteiger partial charge is 0.286 e. The second kappa shape index (κ2) is 7.86. The van der Waals surface area contributed by atoms with Gasteiger partial charge in [0.05, 0.1) is 18.2 Å². The van der Waals surface area contributed by atoms with E-state index in [1.807, 2.05) is 0 Å². The first kappa shape index (κ1) is 19.8.